The molecule has 1 fully saturated rings. The summed E-state index contributed by atoms with van der Waals surface area (Å²) in [6, 6.07) is 6.03. The molecule has 0 radical (unpaired) electrons. The lowest BCUT2D eigenvalue weighted by Crippen LogP contribution is -2.26. The van der Waals surface area contributed by atoms with Gasteiger partial charge in [-0.05, 0) is 30.5 Å². The molecule has 0 saturated heterocycles. The van der Waals surface area contributed by atoms with Crippen molar-refractivity contribution in [3.05, 3.63) is 35.4 Å². The van der Waals surface area contributed by atoms with Gasteiger partial charge in [0.05, 0.1) is 5.97 Å². The summed E-state index contributed by atoms with van der Waals surface area (Å²) in [5.74, 6) is -1.38. The minimum absolute atomic E-state index is 0.0815. The molecule has 1 aliphatic rings. The van der Waals surface area contributed by atoms with Crippen LogP contribution in [-0.4, -0.2) is 17.9 Å². The Balaban J connectivity index is 2.08. The van der Waals surface area contributed by atoms with Crippen LogP contribution < -0.4 is 10.4 Å². The Bertz CT molecular complexity index is 393. The van der Waals surface area contributed by atoms with E-state index in [2.05, 4.69) is 5.32 Å². The Kier molecular flexibility index (Phi) is 2.41. The third kappa shape index (κ3) is 2.34. The molecule has 0 unspecified atom stereocenters. The second kappa shape index (κ2) is 3.73. The lowest BCUT2D eigenvalue weighted by Gasteiger charge is -2.05. The van der Waals surface area contributed by atoms with Crippen molar-refractivity contribution >= 4 is 11.9 Å². The van der Waals surface area contributed by atoms with E-state index in [9.17, 15) is 14.7 Å². The van der Waals surface area contributed by atoms with Gasteiger partial charge in [0.25, 0.3) is 5.91 Å². The number of carboxylic acid groups (broad SMARTS) is 1. The third-order valence-electron chi connectivity index (χ3n) is 2.30. The zero-order valence-corrected chi connectivity index (χ0v) is 8.03. The summed E-state index contributed by atoms with van der Waals surface area (Å²) >= 11 is 0. The first kappa shape index (κ1) is 9.71. The highest BCUT2D eigenvalue weighted by molar-refractivity contribution is 5.95. The Labute approximate surface area is 86.9 Å². The van der Waals surface area contributed by atoms with E-state index in [0.717, 1.165) is 12.8 Å². The molecule has 1 N–H and O–H groups in total. The van der Waals surface area contributed by atoms with Crippen LogP contribution in [0.5, 0.6) is 0 Å². The molecule has 0 bridgehead atoms. The van der Waals surface area contributed by atoms with E-state index in [-0.39, 0.29) is 11.5 Å². The van der Waals surface area contributed by atoms with Gasteiger partial charge in [-0.25, -0.2) is 0 Å². The Hall–Kier alpha value is -1.84. The molecule has 1 aliphatic carbocycles. The topological polar surface area (TPSA) is 69.2 Å². The summed E-state index contributed by atoms with van der Waals surface area (Å²) in [6.07, 6.45) is 2.06. The van der Waals surface area contributed by atoms with Crippen LogP contribution in [0, 0.1) is 0 Å². The van der Waals surface area contributed by atoms with Crippen molar-refractivity contribution in [2.75, 3.05) is 0 Å². The summed E-state index contributed by atoms with van der Waals surface area (Å²) in [6.45, 7) is 0. The van der Waals surface area contributed by atoms with Gasteiger partial charge in [0.15, 0.2) is 0 Å². The number of carbonyl (C=O) groups is 2. The third-order valence-corrected chi connectivity index (χ3v) is 2.30. The van der Waals surface area contributed by atoms with E-state index in [1.165, 1.54) is 24.3 Å². The van der Waals surface area contributed by atoms with Gasteiger partial charge in [0.1, 0.15) is 0 Å². The highest BCUT2D eigenvalue weighted by Crippen LogP contribution is 2.19. The Morgan fingerprint density at radius 1 is 1.13 bits per heavy atom. The molecule has 1 aromatic rings. The number of rotatable bonds is 3. The molecule has 0 aromatic heterocycles. The fourth-order valence-electron chi connectivity index (χ4n) is 1.25. The van der Waals surface area contributed by atoms with Gasteiger partial charge in [0.2, 0.25) is 0 Å². The maximum Gasteiger partial charge on any atom is 0.251 e. The van der Waals surface area contributed by atoms with Crippen LogP contribution in [0.2, 0.25) is 0 Å². The van der Waals surface area contributed by atoms with Gasteiger partial charge in [-0.15, -0.1) is 0 Å². The predicted molar refractivity (Wildman–Crippen MR) is 51.3 cm³/mol. The van der Waals surface area contributed by atoms with E-state index in [1.54, 1.807) is 0 Å². The summed E-state index contributed by atoms with van der Waals surface area (Å²) < 4.78 is 0. The standard InChI is InChI=1S/C11H11NO3/c13-10(12-9-5-6-9)7-1-3-8(4-2-7)11(14)15/h1-4,9H,5-6H2,(H,12,13)(H,14,15)/p-1. The predicted octanol–water partition coefficient (Wildman–Crippen LogP) is -0.0577. The molecule has 1 amide bonds. The molecule has 0 heterocycles. The van der Waals surface area contributed by atoms with Crippen LogP contribution in [0.3, 0.4) is 0 Å². The average molecular weight is 204 g/mol. The molecule has 4 heteroatoms. The summed E-state index contributed by atoms with van der Waals surface area (Å²) in [4.78, 5) is 22.0. The Morgan fingerprint density at radius 2 is 1.67 bits per heavy atom. The fourth-order valence-corrected chi connectivity index (χ4v) is 1.25. The van der Waals surface area contributed by atoms with Gasteiger partial charge in [-0.3, -0.25) is 4.79 Å². The lowest BCUT2D eigenvalue weighted by molar-refractivity contribution is -0.255. The first-order valence-corrected chi connectivity index (χ1v) is 4.79. The van der Waals surface area contributed by atoms with Crippen molar-refractivity contribution < 1.29 is 14.7 Å². The smallest absolute Gasteiger partial charge is 0.251 e. The molecule has 0 spiro atoms. The van der Waals surface area contributed by atoms with Crippen LogP contribution in [0.1, 0.15) is 33.6 Å². The van der Waals surface area contributed by atoms with Crippen molar-refractivity contribution in [2.45, 2.75) is 18.9 Å². The molecule has 0 atom stereocenters. The SMILES string of the molecule is O=C([O-])c1ccc(C(=O)NC2CC2)cc1. The van der Waals surface area contributed by atoms with Crippen LogP contribution in [-0.2, 0) is 0 Å². The van der Waals surface area contributed by atoms with Gasteiger partial charge in [-0.2, -0.15) is 0 Å². The average Bonchev–Trinajstić information content (AvgIpc) is 3.02. The molecule has 1 aromatic carbocycles. The number of amides is 1. The zero-order valence-electron chi connectivity index (χ0n) is 8.03. The zero-order chi connectivity index (χ0) is 10.8. The van der Waals surface area contributed by atoms with Crippen molar-refractivity contribution in [1.29, 1.82) is 0 Å². The normalized spacial score (nSPS) is 14.7. The quantitative estimate of drug-likeness (QED) is 0.750. The van der Waals surface area contributed by atoms with Crippen molar-refractivity contribution in [1.82, 2.24) is 5.32 Å². The van der Waals surface area contributed by atoms with Gasteiger partial charge >= 0.3 is 0 Å². The monoisotopic (exact) mass is 204 g/mol. The molecule has 0 aliphatic heterocycles. The second-order valence-electron chi connectivity index (χ2n) is 3.61. The number of hydrogen-bond acceptors (Lipinski definition) is 3. The maximum atomic E-state index is 11.5. The van der Waals surface area contributed by atoms with Gasteiger partial charge in [0, 0.05) is 11.6 Å². The minimum Gasteiger partial charge on any atom is -0.545 e. The number of hydrogen-bond donors (Lipinski definition) is 1. The van der Waals surface area contributed by atoms with E-state index >= 15 is 0 Å². The summed E-state index contributed by atoms with van der Waals surface area (Å²) in [7, 11) is 0. The second-order valence-corrected chi connectivity index (χ2v) is 3.61. The molecule has 4 nitrogen and oxygen atoms in total. The van der Waals surface area contributed by atoms with Gasteiger partial charge < -0.3 is 15.2 Å². The van der Waals surface area contributed by atoms with Crippen LogP contribution in [0.15, 0.2) is 24.3 Å². The first-order chi connectivity index (χ1) is 7.16. The molecule has 1 saturated carbocycles. The van der Waals surface area contributed by atoms with Crippen molar-refractivity contribution in [3.63, 3.8) is 0 Å². The van der Waals surface area contributed by atoms with Crippen molar-refractivity contribution in [3.8, 4) is 0 Å². The number of nitrogens with one attached hydrogen (secondary N) is 1. The van der Waals surface area contributed by atoms with Gasteiger partial charge in [-0.1, -0.05) is 12.1 Å². The van der Waals surface area contributed by atoms with Crippen LogP contribution >= 0.6 is 0 Å². The fraction of sp³-hybridized carbons (Fsp3) is 0.273. The molecular weight excluding hydrogens is 194 g/mol. The minimum atomic E-state index is -1.23. The summed E-state index contributed by atoms with van der Waals surface area (Å²) in [5, 5.41) is 13.3. The summed E-state index contributed by atoms with van der Waals surface area (Å²) in [5.41, 5.74) is 0.560. The first-order valence-electron chi connectivity index (χ1n) is 4.79. The lowest BCUT2D eigenvalue weighted by atomic mass is 10.1. The highest BCUT2D eigenvalue weighted by atomic mass is 16.4. The van der Waals surface area contributed by atoms with Crippen molar-refractivity contribution in [2.24, 2.45) is 0 Å². The number of carbonyl (C=O) groups excluding carboxylic acids is 2. The number of benzene rings is 1. The number of aromatic carboxylic acids is 1. The molecule has 2 rings (SSSR count). The number of carboxylic acids is 1. The molecular formula is C11H10NO3-. The highest BCUT2D eigenvalue weighted by Gasteiger charge is 2.23. The van der Waals surface area contributed by atoms with E-state index in [4.69, 9.17) is 0 Å². The van der Waals surface area contributed by atoms with Crippen LogP contribution in [0.4, 0.5) is 0 Å². The Morgan fingerprint density at radius 3 is 2.13 bits per heavy atom. The molecule has 78 valence electrons. The van der Waals surface area contributed by atoms with Crippen LogP contribution in [0.25, 0.3) is 0 Å². The maximum absolute atomic E-state index is 11.5. The van der Waals surface area contributed by atoms with E-state index in [1.807, 2.05) is 0 Å². The van der Waals surface area contributed by atoms with E-state index in [0.29, 0.717) is 11.6 Å². The molecule has 15 heavy (non-hydrogen) atoms. The largest absolute Gasteiger partial charge is 0.545 e. The van der Waals surface area contributed by atoms with E-state index < -0.39 is 5.97 Å².